The molecule has 1 aliphatic rings. The largest absolute Gasteiger partial charge is 0.496 e. The monoisotopic (exact) mass is 289 g/mol. The minimum Gasteiger partial charge on any atom is -0.496 e. The van der Waals surface area contributed by atoms with E-state index in [2.05, 4.69) is 30.4 Å². The summed E-state index contributed by atoms with van der Waals surface area (Å²) in [5.41, 5.74) is 1.33. The number of benzene rings is 1. The van der Waals surface area contributed by atoms with Crippen molar-refractivity contribution in [1.82, 2.24) is 5.32 Å². The summed E-state index contributed by atoms with van der Waals surface area (Å²) in [5.74, 6) is 2.00. The predicted octanol–water partition coefficient (Wildman–Crippen LogP) is 4.58. The number of ether oxygens (including phenoxy) is 1. The Bertz CT molecular complexity index is 398. The van der Waals surface area contributed by atoms with E-state index in [1.165, 1.54) is 50.5 Å². The van der Waals surface area contributed by atoms with Crippen molar-refractivity contribution in [2.24, 2.45) is 5.92 Å². The molecule has 0 radical (unpaired) electrons. The lowest BCUT2D eigenvalue weighted by molar-refractivity contribution is 0.312. The smallest absolute Gasteiger partial charge is 0.122 e. The minimum absolute atomic E-state index is 0.577. The molecule has 1 saturated carbocycles. The van der Waals surface area contributed by atoms with E-state index in [1.807, 2.05) is 6.07 Å². The van der Waals surface area contributed by atoms with Gasteiger partial charge >= 0.3 is 0 Å². The molecule has 2 heteroatoms. The van der Waals surface area contributed by atoms with Crippen molar-refractivity contribution in [2.45, 2.75) is 64.3 Å². The molecule has 1 N–H and O–H groups in total. The van der Waals surface area contributed by atoms with Gasteiger partial charge in [0.25, 0.3) is 0 Å². The van der Waals surface area contributed by atoms with Gasteiger partial charge in [-0.05, 0) is 43.4 Å². The number of methoxy groups -OCH3 is 1. The SMILES string of the molecule is CCNC(CCC1CCCCC1)Cc1ccccc1OC. The first-order valence-electron chi connectivity index (χ1n) is 8.68. The van der Waals surface area contributed by atoms with E-state index >= 15 is 0 Å². The molecule has 2 rings (SSSR count). The second-order valence-corrected chi connectivity index (χ2v) is 6.35. The molecule has 1 aromatic rings. The number of rotatable bonds is 8. The fraction of sp³-hybridized carbons (Fsp3) is 0.684. The quantitative estimate of drug-likeness (QED) is 0.756. The molecule has 0 bridgehead atoms. The van der Waals surface area contributed by atoms with E-state index in [0.717, 1.165) is 24.6 Å². The normalized spacial score (nSPS) is 17.6. The van der Waals surface area contributed by atoms with Crippen LogP contribution in [0, 0.1) is 5.92 Å². The molecule has 0 spiro atoms. The molecule has 0 aromatic heterocycles. The molecule has 1 unspecified atom stereocenters. The Hall–Kier alpha value is -1.02. The molecule has 0 heterocycles. The number of likely N-dealkylation sites (N-methyl/N-ethyl adjacent to an activating group) is 1. The Labute approximate surface area is 130 Å². The van der Waals surface area contributed by atoms with Crippen molar-refractivity contribution in [3.63, 3.8) is 0 Å². The van der Waals surface area contributed by atoms with Gasteiger partial charge in [0.05, 0.1) is 7.11 Å². The maximum absolute atomic E-state index is 5.49. The van der Waals surface area contributed by atoms with Crippen LogP contribution in [0.25, 0.3) is 0 Å². The van der Waals surface area contributed by atoms with Crippen molar-refractivity contribution in [2.75, 3.05) is 13.7 Å². The molecular formula is C19H31NO. The van der Waals surface area contributed by atoms with Crippen LogP contribution >= 0.6 is 0 Å². The van der Waals surface area contributed by atoms with Crippen molar-refractivity contribution in [1.29, 1.82) is 0 Å². The maximum atomic E-state index is 5.49. The molecule has 21 heavy (non-hydrogen) atoms. The van der Waals surface area contributed by atoms with Gasteiger partial charge in [-0.25, -0.2) is 0 Å². The van der Waals surface area contributed by atoms with Crippen LogP contribution in [0.3, 0.4) is 0 Å². The highest BCUT2D eigenvalue weighted by Gasteiger charge is 2.17. The van der Waals surface area contributed by atoms with Crippen LogP contribution in [-0.4, -0.2) is 19.7 Å². The fourth-order valence-corrected chi connectivity index (χ4v) is 3.61. The summed E-state index contributed by atoms with van der Waals surface area (Å²) in [5, 5.41) is 3.67. The topological polar surface area (TPSA) is 21.3 Å². The van der Waals surface area contributed by atoms with Crippen LogP contribution in [0.4, 0.5) is 0 Å². The highest BCUT2D eigenvalue weighted by atomic mass is 16.5. The van der Waals surface area contributed by atoms with E-state index in [9.17, 15) is 0 Å². The first-order chi connectivity index (χ1) is 10.3. The standard InChI is InChI=1S/C19H31NO/c1-3-20-18(14-13-16-9-5-4-6-10-16)15-17-11-7-8-12-19(17)21-2/h7-8,11-12,16,18,20H,3-6,9-10,13-15H2,1-2H3. The third-order valence-corrected chi connectivity index (χ3v) is 4.80. The summed E-state index contributed by atoms with van der Waals surface area (Å²) < 4.78 is 5.49. The van der Waals surface area contributed by atoms with E-state index in [4.69, 9.17) is 4.74 Å². The summed E-state index contributed by atoms with van der Waals surface area (Å²) in [6.45, 7) is 3.25. The lowest BCUT2D eigenvalue weighted by Gasteiger charge is -2.25. The van der Waals surface area contributed by atoms with Gasteiger partial charge in [0.2, 0.25) is 0 Å². The van der Waals surface area contributed by atoms with Gasteiger partial charge in [-0.1, -0.05) is 57.2 Å². The average Bonchev–Trinajstić information content (AvgIpc) is 2.54. The third kappa shape index (κ3) is 5.35. The third-order valence-electron chi connectivity index (χ3n) is 4.80. The van der Waals surface area contributed by atoms with Crippen molar-refractivity contribution in [3.05, 3.63) is 29.8 Å². The number of para-hydroxylation sites is 1. The van der Waals surface area contributed by atoms with Gasteiger partial charge in [0, 0.05) is 6.04 Å². The first-order valence-corrected chi connectivity index (χ1v) is 8.68. The molecular weight excluding hydrogens is 258 g/mol. The molecule has 0 aliphatic heterocycles. The van der Waals surface area contributed by atoms with Crippen LogP contribution in [-0.2, 0) is 6.42 Å². The Kier molecular flexibility index (Phi) is 7.08. The molecule has 1 aromatic carbocycles. The number of nitrogens with one attached hydrogen (secondary N) is 1. The van der Waals surface area contributed by atoms with Crippen molar-refractivity contribution < 1.29 is 4.74 Å². The summed E-state index contributed by atoms with van der Waals surface area (Å²) in [6, 6.07) is 9.01. The zero-order valence-corrected chi connectivity index (χ0v) is 13.7. The van der Waals surface area contributed by atoms with Crippen molar-refractivity contribution in [3.8, 4) is 5.75 Å². The molecule has 1 fully saturated rings. The van der Waals surface area contributed by atoms with Crippen LogP contribution in [0.15, 0.2) is 24.3 Å². The van der Waals surface area contributed by atoms with Crippen LogP contribution < -0.4 is 10.1 Å². The van der Waals surface area contributed by atoms with Crippen LogP contribution in [0.2, 0.25) is 0 Å². The first kappa shape index (κ1) is 16.4. The Morgan fingerprint density at radius 3 is 2.67 bits per heavy atom. The lowest BCUT2D eigenvalue weighted by atomic mass is 9.84. The lowest BCUT2D eigenvalue weighted by Crippen LogP contribution is -2.31. The zero-order chi connectivity index (χ0) is 14.9. The van der Waals surface area contributed by atoms with Crippen LogP contribution in [0.5, 0.6) is 5.75 Å². The maximum Gasteiger partial charge on any atom is 0.122 e. The van der Waals surface area contributed by atoms with Gasteiger partial charge < -0.3 is 10.1 Å². The molecule has 1 atom stereocenters. The summed E-state index contributed by atoms with van der Waals surface area (Å²) in [7, 11) is 1.77. The van der Waals surface area contributed by atoms with E-state index in [-0.39, 0.29) is 0 Å². The highest BCUT2D eigenvalue weighted by Crippen LogP contribution is 2.28. The second-order valence-electron chi connectivity index (χ2n) is 6.35. The van der Waals surface area contributed by atoms with Crippen molar-refractivity contribution >= 4 is 0 Å². The number of hydrogen-bond donors (Lipinski definition) is 1. The molecule has 0 amide bonds. The Morgan fingerprint density at radius 2 is 1.95 bits per heavy atom. The van der Waals surface area contributed by atoms with Gasteiger partial charge in [-0.2, -0.15) is 0 Å². The highest BCUT2D eigenvalue weighted by molar-refractivity contribution is 5.33. The van der Waals surface area contributed by atoms with Gasteiger partial charge in [-0.3, -0.25) is 0 Å². The zero-order valence-electron chi connectivity index (χ0n) is 13.7. The summed E-state index contributed by atoms with van der Waals surface area (Å²) >= 11 is 0. The van der Waals surface area contributed by atoms with E-state index in [0.29, 0.717) is 6.04 Å². The summed E-state index contributed by atoms with van der Waals surface area (Å²) in [6.07, 6.45) is 11.0. The average molecular weight is 289 g/mol. The number of hydrogen-bond acceptors (Lipinski definition) is 2. The molecule has 1 aliphatic carbocycles. The molecule has 118 valence electrons. The molecule has 2 nitrogen and oxygen atoms in total. The Morgan fingerprint density at radius 1 is 1.19 bits per heavy atom. The fourth-order valence-electron chi connectivity index (χ4n) is 3.61. The van der Waals surface area contributed by atoms with E-state index in [1.54, 1.807) is 7.11 Å². The predicted molar refractivity (Wildman–Crippen MR) is 90.0 cm³/mol. The summed E-state index contributed by atoms with van der Waals surface area (Å²) in [4.78, 5) is 0. The van der Waals surface area contributed by atoms with Gasteiger partial charge in [-0.15, -0.1) is 0 Å². The van der Waals surface area contributed by atoms with Crippen LogP contribution in [0.1, 0.15) is 57.4 Å². The second kappa shape index (κ2) is 9.09. The van der Waals surface area contributed by atoms with Gasteiger partial charge in [0.15, 0.2) is 0 Å². The van der Waals surface area contributed by atoms with Gasteiger partial charge in [0.1, 0.15) is 5.75 Å². The van der Waals surface area contributed by atoms with E-state index < -0.39 is 0 Å². The Balaban J connectivity index is 1.88. The minimum atomic E-state index is 0.577. The molecule has 0 saturated heterocycles.